The number of nitriles is 2. The summed E-state index contributed by atoms with van der Waals surface area (Å²) >= 11 is 19.3. The highest BCUT2D eigenvalue weighted by Gasteiger charge is 2.23. The first-order valence-electron chi connectivity index (χ1n) is 17.2. The van der Waals surface area contributed by atoms with E-state index >= 15 is 0 Å². The number of aromatic nitrogens is 1. The zero-order valence-electron chi connectivity index (χ0n) is 30.8. The largest absolute Gasteiger partial charge is 0.339 e. The molecule has 0 atom stereocenters. The molecule has 0 amide bonds. The van der Waals surface area contributed by atoms with Crippen LogP contribution in [0.3, 0.4) is 0 Å². The second-order valence-corrected chi connectivity index (χ2v) is 17.8. The molecular weight excluding hydrogens is 905 g/mol. The Hall–Kier alpha value is -6.32. The molecule has 7 rings (SSSR count). The highest BCUT2D eigenvalue weighted by atomic mass is 35.5. The first-order valence-corrected chi connectivity index (χ1v) is 22.0. The molecule has 0 spiro atoms. The van der Waals surface area contributed by atoms with E-state index in [-0.39, 0.29) is 70.7 Å². The quantitative estimate of drug-likeness (QED) is 0.0702. The second-order valence-electron chi connectivity index (χ2n) is 12.8. The van der Waals surface area contributed by atoms with E-state index in [1.807, 2.05) is 0 Å². The maximum Gasteiger partial charge on any atom is 0.296 e. The number of anilines is 4. The lowest BCUT2D eigenvalue weighted by Gasteiger charge is -2.16. The summed E-state index contributed by atoms with van der Waals surface area (Å²) < 4.78 is 67.7. The Morgan fingerprint density at radius 1 is 0.672 bits per heavy atom. The first kappa shape index (κ1) is 42.8. The third kappa shape index (κ3) is 9.37. The summed E-state index contributed by atoms with van der Waals surface area (Å²) in [6.07, 6.45) is 0. The highest BCUT2D eigenvalue weighted by Crippen LogP contribution is 2.49. The number of fused-ring (bicyclic) bond motifs is 1. The highest BCUT2D eigenvalue weighted by molar-refractivity contribution is 7.86. The van der Waals surface area contributed by atoms with Gasteiger partial charge in [0, 0.05) is 37.9 Å². The topological polar surface area (TPSA) is 243 Å². The van der Waals surface area contributed by atoms with Crippen LogP contribution in [0, 0.1) is 29.6 Å². The van der Waals surface area contributed by atoms with Crippen LogP contribution in [0.1, 0.15) is 16.7 Å². The number of nitrogens with one attached hydrogen (secondary N) is 2. The molecule has 2 aromatic heterocycles. The summed E-state index contributed by atoms with van der Waals surface area (Å²) in [6.45, 7) is 1.59. The molecule has 304 valence electrons. The van der Waals surface area contributed by atoms with E-state index in [0.717, 1.165) is 17.4 Å². The van der Waals surface area contributed by atoms with E-state index in [0.29, 0.717) is 32.2 Å². The van der Waals surface area contributed by atoms with Gasteiger partial charge >= 0.3 is 0 Å². The van der Waals surface area contributed by atoms with Gasteiger partial charge in [0.25, 0.3) is 20.2 Å². The lowest BCUT2D eigenvalue weighted by atomic mass is 10.0. The Morgan fingerprint density at radius 2 is 1.30 bits per heavy atom. The Labute approximate surface area is 366 Å². The Balaban J connectivity index is 1.36. The monoisotopic (exact) mass is 927 g/mol. The number of thiophene rings is 1. The van der Waals surface area contributed by atoms with Crippen LogP contribution in [0.2, 0.25) is 15.1 Å². The first-order chi connectivity index (χ1) is 29.0. The lowest BCUT2D eigenvalue weighted by molar-refractivity contribution is 0.481. The molecular formula is C40H24Cl3N9O6S3. The number of hydrogen-bond donors (Lipinski definition) is 4. The maximum atomic E-state index is 12.1. The SMILES string of the molecule is Cc1c(C#N)c(Nc2ccc(Cl)c(S(=O)(=O)O)c2)nc(Nc2ccc(Cl)cc2)c1N=Nc1sc(N=Nc2ccc3cccc(S(=O)(=O)O)c3c2)c(-c2ccc(Cl)cc2)c1C#N. The van der Waals surface area contributed by atoms with E-state index in [1.165, 1.54) is 30.3 Å². The number of pyridine rings is 1. The van der Waals surface area contributed by atoms with Gasteiger partial charge in [0.15, 0.2) is 16.6 Å². The fourth-order valence-electron chi connectivity index (χ4n) is 5.97. The van der Waals surface area contributed by atoms with Crippen molar-refractivity contribution in [1.82, 2.24) is 4.98 Å². The zero-order chi connectivity index (χ0) is 43.6. The number of halogens is 3. The Bertz CT molecular complexity index is 3280. The number of azo groups is 2. The van der Waals surface area contributed by atoms with Gasteiger partial charge in [-0.05, 0) is 90.7 Å². The lowest BCUT2D eigenvalue weighted by Crippen LogP contribution is -2.05. The van der Waals surface area contributed by atoms with Gasteiger partial charge in [-0.2, -0.15) is 27.4 Å². The van der Waals surface area contributed by atoms with Crippen LogP contribution < -0.4 is 10.6 Å². The number of nitrogens with zero attached hydrogens (tertiary/aromatic N) is 7. The molecule has 15 nitrogen and oxygen atoms in total. The molecule has 0 bridgehead atoms. The smallest absolute Gasteiger partial charge is 0.296 e. The predicted molar refractivity (Wildman–Crippen MR) is 235 cm³/mol. The fraction of sp³-hybridized carbons (Fsp3) is 0.0250. The van der Waals surface area contributed by atoms with Crippen LogP contribution in [-0.2, 0) is 20.2 Å². The molecule has 0 aliphatic carbocycles. The average molecular weight is 929 g/mol. The Kier molecular flexibility index (Phi) is 12.2. The van der Waals surface area contributed by atoms with Gasteiger partial charge in [0.2, 0.25) is 0 Å². The molecule has 21 heteroatoms. The van der Waals surface area contributed by atoms with Gasteiger partial charge in [-0.1, -0.05) is 76.5 Å². The molecule has 0 saturated heterocycles. The normalized spacial score (nSPS) is 11.9. The van der Waals surface area contributed by atoms with Crippen LogP contribution in [0.25, 0.3) is 21.9 Å². The van der Waals surface area contributed by atoms with Gasteiger partial charge in [-0.15, -0.1) is 20.5 Å². The number of hydrogen-bond acceptors (Lipinski definition) is 14. The summed E-state index contributed by atoms with van der Waals surface area (Å²) in [5, 5.41) is 46.5. The van der Waals surface area contributed by atoms with Crippen molar-refractivity contribution in [2.45, 2.75) is 16.7 Å². The standard InChI is InChI=1S/C40H24Cl3N9O6S3/c1-21-30(19-44)37(47-27-15-16-32(43)34(18-27)61(56,57)58)48-38(46-26-13-10-25(42)11-14-26)36(21)50-51-39-31(20-45)35(23-5-8-24(41)9-6-23)40(59-39)52-49-28-12-7-22-3-2-4-33(29(22)17-28)60(53,54)55/h2-18H,1H3,(H2,46,47,48)(H,53,54,55)(H,56,57,58). The minimum atomic E-state index is -4.70. The summed E-state index contributed by atoms with van der Waals surface area (Å²) in [5.41, 5.74) is 2.21. The molecule has 7 aromatic rings. The third-order valence-electron chi connectivity index (χ3n) is 8.82. The molecule has 61 heavy (non-hydrogen) atoms. The molecule has 2 heterocycles. The molecule has 5 aromatic carbocycles. The summed E-state index contributed by atoms with van der Waals surface area (Å²) in [5.74, 6) is 0.0699. The minimum absolute atomic E-state index is 0.00506. The van der Waals surface area contributed by atoms with Crippen molar-refractivity contribution in [1.29, 1.82) is 10.5 Å². The molecule has 0 fully saturated rings. The predicted octanol–water partition coefficient (Wildman–Crippen LogP) is 12.8. The van der Waals surface area contributed by atoms with E-state index in [1.54, 1.807) is 73.7 Å². The van der Waals surface area contributed by atoms with E-state index in [4.69, 9.17) is 34.8 Å². The molecule has 0 aliphatic heterocycles. The minimum Gasteiger partial charge on any atom is -0.339 e. The van der Waals surface area contributed by atoms with Gasteiger partial charge in [-0.3, -0.25) is 9.11 Å². The fourth-order valence-corrected chi connectivity index (χ4v) is 8.85. The van der Waals surface area contributed by atoms with Crippen LogP contribution in [0.5, 0.6) is 0 Å². The van der Waals surface area contributed by atoms with Crippen molar-refractivity contribution in [3.63, 3.8) is 0 Å². The van der Waals surface area contributed by atoms with Crippen molar-refractivity contribution in [2.75, 3.05) is 10.6 Å². The maximum absolute atomic E-state index is 12.1. The van der Waals surface area contributed by atoms with E-state index in [9.17, 15) is 36.5 Å². The summed E-state index contributed by atoms with van der Waals surface area (Å²) in [7, 11) is -9.26. The van der Waals surface area contributed by atoms with Crippen molar-refractivity contribution >= 4 is 122 Å². The van der Waals surface area contributed by atoms with Crippen LogP contribution in [0.15, 0.2) is 133 Å². The van der Waals surface area contributed by atoms with Crippen molar-refractivity contribution in [2.24, 2.45) is 20.5 Å². The van der Waals surface area contributed by atoms with Crippen molar-refractivity contribution in [3.8, 4) is 23.3 Å². The molecule has 0 aliphatic rings. The van der Waals surface area contributed by atoms with Crippen molar-refractivity contribution < 1.29 is 25.9 Å². The van der Waals surface area contributed by atoms with Gasteiger partial charge in [0.05, 0.1) is 16.3 Å². The van der Waals surface area contributed by atoms with Gasteiger partial charge in [0.1, 0.15) is 38.2 Å². The number of benzene rings is 5. The summed E-state index contributed by atoms with van der Waals surface area (Å²) in [4.78, 5) is 3.77. The number of rotatable bonds is 11. The van der Waals surface area contributed by atoms with Crippen LogP contribution in [0.4, 0.5) is 44.4 Å². The van der Waals surface area contributed by atoms with Crippen LogP contribution >= 0.6 is 46.1 Å². The summed E-state index contributed by atoms with van der Waals surface area (Å²) in [6, 6.07) is 30.4. The van der Waals surface area contributed by atoms with Gasteiger partial charge in [-0.25, -0.2) is 4.98 Å². The Morgan fingerprint density at radius 3 is 1.95 bits per heavy atom. The molecule has 0 radical (unpaired) electrons. The van der Waals surface area contributed by atoms with Crippen LogP contribution in [-0.4, -0.2) is 30.9 Å². The van der Waals surface area contributed by atoms with E-state index < -0.39 is 25.1 Å². The third-order valence-corrected chi connectivity index (χ3v) is 12.5. The van der Waals surface area contributed by atoms with Gasteiger partial charge < -0.3 is 10.6 Å². The zero-order valence-corrected chi connectivity index (χ0v) is 35.5. The average Bonchev–Trinajstić information content (AvgIpc) is 3.57. The molecule has 0 unspecified atom stereocenters. The second kappa shape index (κ2) is 17.3. The van der Waals surface area contributed by atoms with E-state index in [2.05, 4.69) is 48.2 Å². The molecule has 0 saturated carbocycles. The molecule has 4 N–H and O–H groups in total. The van der Waals surface area contributed by atoms with Crippen molar-refractivity contribution in [3.05, 3.63) is 135 Å².